The van der Waals surface area contributed by atoms with Crippen molar-refractivity contribution in [1.29, 1.82) is 0 Å². The molecule has 3 nitrogen and oxygen atoms in total. The van der Waals surface area contributed by atoms with E-state index in [9.17, 15) is 0 Å². The zero-order valence-corrected chi connectivity index (χ0v) is 35.6. The Bertz CT molecular complexity index is 2970. The molecule has 1 aromatic heterocycles. The van der Waals surface area contributed by atoms with E-state index in [1.807, 2.05) is 0 Å². The third-order valence-corrected chi connectivity index (χ3v) is 17.4. The Morgan fingerprint density at radius 2 is 1.25 bits per heavy atom. The normalized spacial score (nSPS) is 27.1. The third kappa shape index (κ3) is 3.90. The van der Waals surface area contributed by atoms with Crippen molar-refractivity contribution in [2.24, 2.45) is 0 Å². The summed E-state index contributed by atoms with van der Waals surface area (Å²) in [5.74, 6) is 0. The minimum atomic E-state index is -0.168. The van der Waals surface area contributed by atoms with Crippen LogP contribution in [0.3, 0.4) is 0 Å². The summed E-state index contributed by atoms with van der Waals surface area (Å²) in [4.78, 5) is 5.79. The Kier molecular flexibility index (Phi) is 6.53. The Morgan fingerprint density at radius 1 is 0.559 bits per heavy atom. The maximum atomic E-state index is 2.92. The standard InChI is InChI=1S/C55H54BN3/c1-51(2,3)36-26-27-45-41(32-36)55(35-18-8-7-9-19-35)31-15-14-30-54(55,6)58(45)37-33-46-48-47(34-37)59-50-40(52(4)28-12-13-29-53(52,59)5)22-17-24-43(50)56(48)42-23-16-21-39-38-20-10-11-25-44(38)57(46)49(39)42/h7-11,16-27,32-34H,12-15,28-31H2,1-6H3. The van der Waals surface area contributed by atoms with Crippen molar-refractivity contribution in [2.75, 3.05) is 9.80 Å². The van der Waals surface area contributed by atoms with Gasteiger partial charge in [0.05, 0.1) is 16.6 Å². The van der Waals surface area contributed by atoms with Gasteiger partial charge >= 0.3 is 0 Å². The van der Waals surface area contributed by atoms with Gasteiger partial charge in [-0.15, -0.1) is 0 Å². The second kappa shape index (κ2) is 11.1. The van der Waals surface area contributed by atoms with Crippen LogP contribution in [0.5, 0.6) is 0 Å². The van der Waals surface area contributed by atoms with Crippen LogP contribution in [0.2, 0.25) is 0 Å². The molecule has 2 aliphatic carbocycles. The first-order valence-corrected chi connectivity index (χ1v) is 22.7. The van der Waals surface area contributed by atoms with Crippen LogP contribution in [-0.2, 0) is 16.2 Å². The van der Waals surface area contributed by atoms with E-state index in [-0.39, 0.29) is 34.0 Å². The van der Waals surface area contributed by atoms with E-state index in [0.29, 0.717) is 0 Å². The van der Waals surface area contributed by atoms with Crippen LogP contribution in [0.25, 0.3) is 27.5 Å². The number of nitrogens with zero attached hydrogens (tertiary/aromatic N) is 3. The fourth-order valence-electron chi connectivity index (χ4n) is 14.4. The van der Waals surface area contributed by atoms with Gasteiger partial charge in [-0.1, -0.05) is 150 Å². The van der Waals surface area contributed by atoms with Crippen LogP contribution >= 0.6 is 0 Å². The van der Waals surface area contributed by atoms with Crippen LogP contribution in [0.1, 0.15) is 115 Å². The highest BCUT2D eigenvalue weighted by atomic mass is 15.3. The van der Waals surface area contributed by atoms with Gasteiger partial charge in [0.25, 0.3) is 6.71 Å². The molecule has 0 radical (unpaired) electrons. The molecule has 6 aliphatic rings. The number of fused-ring (bicyclic) bond motifs is 13. The quantitative estimate of drug-likeness (QED) is 0.162. The molecule has 292 valence electrons. The van der Waals surface area contributed by atoms with E-state index in [0.717, 1.165) is 12.8 Å². The van der Waals surface area contributed by atoms with Gasteiger partial charge in [0, 0.05) is 55.6 Å². The largest absolute Gasteiger partial charge is 0.335 e. The van der Waals surface area contributed by atoms with Crippen LogP contribution in [0.15, 0.2) is 121 Å². The Morgan fingerprint density at radius 3 is 2.08 bits per heavy atom. The minimum Gasteiger partial charge on any atom is -0.335 e. The van der Waals surface area contributed by atoms with Gasteiger partial charge in [-0.2, -0.15) is 0 Å². The van der Waals surface area contributed by atoms with Crippen molar-refractivity contribution >= 4 is 67.7 Å². The van der Waals surface area contributed by atoms with E-state index in [1.54, 1.807) is 5.56 Å². The lowest BCUT2D eigenvalue weighted by Gasteiger charge is -2.54. The molecule has 59 heavy (non-hydrogen) atoms. The molecule has 4 heteroatoms. The summed E-state index contributed by atoms with van der Waals surface area (Å²) in [6.45, 7) is 15.2. The fourth-order valence-corrected chi connectivity index (χ4v) is 14.4. The van der Waals surface area contributed by atoms with Crippen LogP contribution in [0.4, 0.5) is 22.7 Å². The zero-order valence-electron chi connectivity index (χ0n) is 35.6. The number of benzene rings is 6. The van der Waals surface area contributed by atoms with Crippen molar-refractivity contribution < 1.29 is 0 Å². The Hall–Kier alpha value is -5.22. The first-order chi connectivity index (χ1) is 28.5. The number of hydrogen-bond acceptors (Lipinski definition) is 2. The molecule has 13 rings (SSSR count). The van der Waals surface area contributed by atoms with Gasteiger partial charge in [-0.25, -0.2) is 0 Å². The van der Waals surface area contributed by atoms with E-state index in [4.69, 9.17) is 0 Å². The SMILES string of the molecule is CC(C)(C)c1ccc2c(c1)C1(c3ccccc3)CCCCC1(C)N2c1cc2c3c(c1)-n1c4ccccc4c4cccc(c41)B3c1cccc3c1N2C1(C)CCCCC31C. The predicted octanol–water partition coefficient (Wildman–Crippen LogP) is 11.7. The predicted molar refractivity (Wildman–Crippen MR) is 250 cm³/mol. The molecule has 0 bridgehead atoms. The van der Waals surface area contributed by atoms with Crippen LogP contribution < -0.4 is 26.2 Å². The van der Waals surface area contributed by atoms with Crippen LogP contribution in [-0.4, -0.2) is 22.4 Å². The number of anilines is 4. The molecule has 6 aromatic carbocycles. The molecule has 2 saturated carbocycles. The highest BCUT2D eigenvalue weighted by Gasteiger charge is 2.63. The molecule has 4 aliphatic heterocycles. The van der Waals surface area contributed by atoms with Gasteiger partial charge in [0.15, 0.2) is 0 Å². The maximum Gasteiger partial charge on any atom is 0.252 e. The molecule has 4 atom stereocenters. The van der Waals surface area contributed by atoms with Gasteiger partial charge in [-0.3, -0.25) is 0 Å². The summed E-state index contributed by atoms with van der Waals surface area (Å²) in [5.41, 5.74) is 19.9. The second-order valence-electron chi connectivity index (χ2n) is 20.9. The molecule has 7 aromatic rings. The summed E-state index contributed by atoms with van der Waals surface area (Å²) in [7, 11) is 0. The van der Waals surface area contributed by atoms with Crippen molar-refractivity contribution in [3.63, 3.8) is 0 Å². The first-order valence-electron chi connectivity index (χ1n) is 22.7. The molecule has 2 fully saturated rings. The lowest BCUT2D eigenvalue weighted by molar-refractivity contribution is 0.195. The van der Waals surface area contributed by atoms with Crippen molar-refractivity contribution in [3.05, 3.63) is 144 Å². The van der Waals surface area contributed by atoms with Crippen molar-refractivity contribution in [3.8, 4) is 5.69 Å². The average molecular weight is 768 g/mol. The molecular weight excluding hydrogens is 713 g/mol. The van der Waals surface area contributed by atoms with Gasteiger partial charge in [-0.05, 0) is 108 Å². The fraction of sp³-hybridized carbons (Fsp3) is 0.345. The molecule has 0 N–H and O–H groups in total. The average Bonchev–Trinajstić information content (AvgIpc) is 3.79. The number of hydrogen-bond donors (Lipinski definition) is 0. The maximum absolute atomic E-state index is 2.92. The molecular formula is C55H54BN3. The summed E-state index contributed by atoms with van der Waals surface area (Å²) in [5, 5.41) is 2.71. The smallest absolute Gasteiger partial charge is 0.252 e. The second-order valence-corrected chi connectivity index (χ2v) is 20.9. The molecule has 0 spiro atoms. The summed E-state index contributed by atoms with van der Waals surface area (Å²) in [6, 6.07) is 48.3. The number of rotatable bonds is 2. The lowest BCUT2D eigenvalue weighted by atomic mass is 9.33. The van der Waals surface area contributed by atoms with E-state index in [1.165, 1.54) is 122 Å². The highest BCUT2D eigenvalue weighted by Crippen LogP contribution is 2.66. The molecule has 0 amide bonds. The lowest BCUT2D eigenvalue weighted by Crippen LogP contribution is -2.64. The Labute approximate surface area is 350 Å². The summed E-state index contributed by atoms with van der Waals surface area (Å²) in [6.07, 6.45) is 9.77. The topological polar surface area (TPSA) is 11.4 Å². The first kappa shape index (κ1) is 34.6. The number of para-hydroxylation sites is 3. The molecule has 5 heterocycles. The van der Waals surface area contributed by atoms with Gasteiger partial charge < -0.3 is 14.4 Å². The number of aromatic nitrogens is 1. The van der Waals surface area contributed by atoms with E-state index < -0.39 is 0 Å². The summed E-state index contributed by atoms with van der Waals surface area (Å²) < 4.78 is 2.68. The van der Waals surface area contributed by atoms with E-state index >= 15 is 0 Å². The van der Waals surface area contributed by atoms with Gasteiger partial charge in [0.2, 0.25) is 0 Å². The van der Waals surface area contributed by atoms with Gasteiger partial charge in [0.1, 0.15) is 0 Å². The van der Waals surface area contributed by atoms with Crippen LogP contribution in [0, 0.1) is 0 Å². The van der Waals surface area contributed by atoms with Crippen molar-refractivity contribution in [1.82, 2.24) is 4.57 Å². The van der Waals surface area contributed by atoms with E-state index in [2.05, 4.69) is 177 Å². The molecule has 0 saturated heterocycles. The third-order valence-electron chi connectivity index (χ3n) is 17.4. The monoisotopic (exact) mass is 767 g/mol. The van der Waals surface area contributed by atoms with Crippen molar-refractivity contribution in [2.45, 2.75) is 120 Å². The Balaban J connectivity index is 1.17. The summed E-state index contributed by atoms with van der Waals surface area (Å²) >= 11 is 0. The zero-order chi connectivity index (χ0) is 39.8. The minimum absolute atomic E-state index is 0.0286. The molecule has 4 unspecified atom stereocenters. The highest BCUT2D eigenvalue weighted by molar-refractivity contribution is 7.00.